The first kappa shape index (κ1) is 10.2. The zero-order chi connectivity index (χ0) is 10.9. The van der Waals surface area contributed by atoms with Crippen LogP contribution in [0.2, 0.25) is 0 Å². The van der Waals surface area contributed by atoms with E-state index in [1.54, 1.807) is 0 Å². The molecule has 80 valence electrons. The topological polar surface area (TPSA) is 20.3 Å². The summed E-state index contributed by atoms with van der Waals surface area (Å²) in [6.07, 6.45) is 12.4. The van der Waals surface area contributed by atoms with Crippen molar-refractivity contribution in [3.05, 3.63) is 36.0 Å². The molecule has 15 heavy (non-hydrogen) atoms. The fraction of sp³-hybridized carbons (Fsp3) is 0.462. The second kappa shape index (κ2) is 3.69. The van der Waals surface area contributed by atoms with Gasteiger partial charge in [-0.25, -0.2) is 0 Å². The van der Waals surface area contributed by atoms with Crippen LogP contribution in [0.15, 0.2) is 36.0 Å². The number of likely N-dealkylation sites (tertiary alicyclic amines) is 1. The standard InChI is InChI=1S/C13H17NO/c1-3-11-12(15)14(2)10-9-13(11)7-5-4-6-8-13/h3-7H,8-10H2,1-2H3/b11-3+. The van der Waals surface area contributed by atoms with E-state index in [9.17, 15) is 4.79 Å². The van der Waals surface area contributed by atoms with Gasteiger partial charge in [0.25, 0.3) is 0 Å². The van der Waals surface area contributed by atoms with Crippen LogP contribution in [-0.2, 0) is 4.79 Å². The number of nitrogens with zero attached hydrogens (tertiary/aromatic N) is 1. The molecule has 0 aromatic carbocycles. The van der Waals surface area contributed by atoms with Gasteiger partial charge in [0.1, 0.15) is 0 Å². The summed E-state index contributed by atoms with van der Waals surface area (Å²) in [5, 5.41) is 0. The largest absolute Gasteiger partial charge is 0.342 e. The predicted molar refractivity (Wildman–Crippen MR) is 61.3 cm³/mol. The highest BCUT2D eigenvalue weighted by atomic mass is 16.2. The van der Waals surface area contributed by atoms with Crippen LogP contribution in [0.4, 0.5) is 0 Å². The Kier molecular flexibility index (Phi) is 2.51. The summed E-state index contributed by atoms with van der Waals surface area (Å²) in [4.78, 5) is 13.8. The number of rotatable bonds is 0. The molecule has 1 fully saturated rings. The highest BCUT2D eigenvalue weighted by molar-refractivity contribution is 5.96. The maximum atomic E-state index is 12.0. The van der Waals surface area contributed by atoms with Crippen molar-refractivity contribution in [3.8, 4) is 0 Å². The van der Waals surface area contributed by atoms with E-state index >= 15 is 0 Å². The Morgan fingerprint density at radius 3 is 2.87 bits per heavy atom. The van der Waals surface area contributed by atoms with E-state index in [2.05, 4.69) is 24.3 Å². The normalized spacial score (nSPS) is 33.1. The van der Waals surface area contributed by atoms with Crippen LogP contribution >= 0.6 is 0 Å². The molecule has 1 saturated heterocycles. The van der Waals surface area contributed by atoms with Gasteiger partial charge in [-0.3, -0.25) is 4.79 Å². The van der Waals surface area contributed by atoms with Gasteiger partial charge in [0, 0.05) is 24.6 Å². The summed E-state index contributed by atoms with van der Waals surface area (Å²) >= 11 is 0. The molecule has 0 saturated carbocycles. The average Bonchev–Trinajstić information content (AvgIpc) is 2.26. The van der Waals surface area contributed by atoms with Gasteiger partial charge in [-0.2, -0.15) is 0 Å². The number of carbonyl (C=O) groups excluding carboxylic acids is 1. The molecule has 0 N–H and O–H groups in total. The lowest BCUT2D eigenvalue weighted by Gasteiger charge is -2.40. The van der Waals surface area contributed by atoms with Crippen molar-refractivity contribution >= 4 is 5.91 Å². The number of likely N-dealkylation sites (N-methyl/N-ethyl adjacent to an activating group) is 1. The molecule has 1 aliphatic heterocycles. The third-order valence-corrected chi connectivity index (χ3v) is 3.44. The van der Waals surface area contributed by atoms with Gasteiger partial charge < -0.3 is 4.90 Å². The molecule has 0 bridgehead atoms. The van der Waals surface area contributed by atoms with Crippen LogP contribution in [-0.4, -0.2) is 24.4 Å². The number of amides is 1. The summed E-state index contributed by atoms with van der Waals surface area (Å²) in [5.74, 6) is 0.184. The summed E-state index contributed by atoms with van der Waals surface area (Å²) < 4.78 is 0. The van der Waals surface area contributed by atoms with Crippen molar-refractivity contribution in [1.82, 2.24) is 4.90 Å². The maximum Gasteiger partial charge on any atom is 0.250 e. The van der Waals surface area contributed by atoms with Gasteiger partial charge in [0.05, 0.1) is 0 Å². The fourth-order valence-corrected chi connectivity index (χ4v) is 2.48. The van der Waals surface area contributed by atoms with E-state index in [1.807, 2.05) is 24.9 Å². The van der Waals surface area contributed by atoms with Gasteiger partial charge in [-0.15, -0.1) is 0 Å². The molecule has 0 radical (unpaired) electrons. The van der Waals surface area contributed by atoms with Crippen molar-refractivity contribution in [2.75, 3.05) is 13.6 Å². The minimum Gasteiger partial charge on any atom is -0.342 e. The van der Waals surface area contributed by atoms with E-state index in [-0.39, 0.29) is 11.3 Å². The number of allylic oxidation sites excluding steroid dienone is 5. The molecule has 1 spiro atoms. The number of hydrogen-bond donors (Lipinski definition) is 0. The summed E-state index contributed by atoms with van der Waals surface area (Å²) in [6, 6.07) is 0. The van der Waals surface area contributed by atoms with Gasteiger partial charge in [0.15, 0.2) is 0 Å². The average molecular weight is 203 g/mol. The molecule has 1 atom stereocenters. The molecule has 2 nitrogen and oxygen atoms in total. The van der Waals surface area contributed by atoms with Gasteiger partial charge >= 0.3 is 0 Å². The Hall–Kier alpha value is -1.31. The smallest absolute Gasteiger partial charge is 0.250 e. The Balaban J connectivity index is 2.37. The Labute approximate surface area is 91.0 Å². The minimum atomic E-state index is -0.0207. The van der Waals surface area contributed by atoms with E-state index < -0.39 is 0 Å². The van der Waals surface area contributed by atoms with Crippen molar-refractivity contribution < 1.29 is 4.79 Å². The molecule has 0 aromatic rings. The number of hydrogen-bond acceptors (Lipinski definition) is 1. The Bertz CT molecular complexity index is 365. The summed E-state index contributed by atoms with van der Waals surface area (Å²) in [5.41, 5.74) is 0.935. The van der Waals surface area contributed by atoms with Gasteiger partial charge in [0.2, 0.25) is 5.91 Å². The van der Waals surface area contributed by atoms with Gasteiger partial charge in [-0.05, 0) is 19.8 Å². The summed E-state index contributed by atoms with van der Waals surface area (Å²) in [7, 11) is 1.88. The second-order valence-corrected chi connectivity index (χ2v) is 4.33. The number of piperidine rings is 1. The monoisotopic (exact) mass is 203 g/mol. The predicted octanol–water partition coefficient (Wildman–Crippen LogP) is 2.30. The minimum absolute atomic E-state index is 0.0207. The van der Waals surface area contributed by atoms with Crippen molar-refractivity contribution in [2.24, 2.45) is 5.41 Å². The SMILES string of the molecule is C/C=C1\C(=O)N(C)CCC12C=CC=CC2. The quantitative estimate of drug-likeness (QED) is 0.553. The first-order chi connectivity index (χ1) is 7.19. The van der Waals surface area contributed by atoms with Crippen LogP contribution in [0.1, 0.15) is 19.8 Å². The first-order valence-electron chi connectivity index (χ1n) is 5.46. The molecular weight excluding hydrogens is 186 g/mol. The molecule has 2 heteroatoms. The zero-order valence-corrected chi connectivity index (χ0v) is 9.36. The zero-order valence-electron chi connectivity index (χ0n) is 9.36. The second-order valence-electron chi connectivity index (χ2n) is 4.33. The highest BCUT2D eigenvalue weighted by Gasteiger charge is 2.39. The molecular formula is C13H17NO. The molecule has 2 rings (SSSR count). The van der Waals surface area contributed by atoms with Gasteiger partial charge in [-0.1, -0.05) is 30.4 Å². The Morgan fingerprint density at radius 2 is 2.27 bits per heavy atom. The van der Waals surface area contributed by atoms with Crippen LogP contribution < -0.4 is 0 Å². The molecule has 2 aliphatic rings. The highest BCUT2D eigenvalue weighted by Crippen LogP contribution is 2.42. The lowest BCUT2D eigenvalue weighted by Crippen LogP contribution is -2.43. The van der Waals surface area contributed by atoms with Crippen LogP contribution in [0.5, 0.6) is 0 Å². The molecule has 1 aliphatic carbocycles. The summed E-state index contributed by atoms with van der Waals surface area (Å²) in [6.45, 7) is 2.81. The van der Waals surface area contributed by atoms with E-state index in [0.717, 1.165) is 25.0 Å². The third kappa shape index (κ3) is 1.54. The third-order valence-electron chi connectivity index (χ3n) is 3.44. The van der Waals surface area contributed by atoms with Crippen LogP contribution in [0.25, 0.3) is 0 Å². The lowest BCUT2D eigenvalue weighted by molar-refractivity contribution is -0.129. The molecule has 1 amide bonds. The number of carbonyl (C=O) groups is 1. The van der Waals surface area contributed by atoms with Crippen molar-refractivity contribution in [3.63, 3.8) is 0 Å². The van der Waals surface area contributed by atoms with Crippen molar-refractivity contribution in [2.45, 2.75) is 19.8 Å². The maximum absolute atomic E-state index is 12.0. The van der Waals surface area contributed by atoms with Crippen LogP contribution in [0, 0.1) is 5.41 Å². The molecule has 0 aromatic heterocycles. The van der Waals surface area contributed by atoms with Crippen molar-refractivity contribution in [1.29, 1.82) is 0 Å². The van der Waals surface area contributed by atoms with E-state index in [4.69, 9.17) is 0 Å². The lowest BCUT2D eigenvalue weighted by atomic mass is 9.70. The molecule has 1 unspecified atom stereocenters. The fourth-order valence-electron chi connectivity index (χ4n) is 2.48. The Morgan fingerprint density at radius 1 is 1.47 bits per heavy atom. The first-order valence-corrected chi connectivity index (χ1v) is 5.46. The van der Waals surface area contributed by atoms with Crippen LogP contribution in [0.3, 0.4) is 0 Å². The van der Waals surface area contributed by atoms with E-state index in [1.165, 1.54) is 0 Å². The molecule has 1 heterocycles. The van der Waals surface area contributed by atoms with E-state index in [0.29, 0.717) is 0 Å².